The topological polar surface area (TPSA) is 172 Å². The number of hydrogen-bond donors (Lipinski definition) is 3. The van der Waals surface area contributed by atoms with E-state index in [-0.39, 0.29) is 36.3 Å². The van der Waals surface area contributed by atoms with Gasteiger partial charge < -0.3 is 15.2 Å². The predicted octanol–water partition coefficient (Wildman–Crippen LogP) is 1.63. The fourth-order valence-corrected chi connectivity index (χ4v) is 5.11. The number of nitrogens with two attached hydrogens (primary N) is 1. The standard InChI is InChI=1S/C23H27BrN6O6S/c1-35-12-18-8-20(29-30(18)10-14-3-2-4-16(24)5-14)22(32)19-9-26-13-27-23(19)28-17-6-15(21(31)7-17)11-36-37(25,33)34/h2-5,8-9,13,15,17,21,31H,6-7,10-12H2,1H3,(H2,25,33,34)(H,26,27,28)/t15-,17-,21+/m1/s1. The van der Waals surface area contributed by atoms with Gasteiger partial charge in [-0.05, 0) is 36.6 Å². The van der Waals surface area contributed by atoms with Crippen LogP contribution in [0.25, 0.3) is 0 Å². The van der Waals surface area contributed by atoms with Crippen LogP contribution in [0.2, 0.25) is 0 Å². The summed E-state index contributed by atoms with van der Waals surface area (Å²) in [6, 6.07) is 9.21. The van der Waals surface area contributed by atoms with Crippen molar-refractivity contribution in [2.75, 3.05) is 19.0 Å². The zero-order chi connectivity index (χ0) is 26.6. The van der Waals surface area contributed by atoms with E-state index in [1.807, 2.05) is 24.3 Å². The number of carbonyl (C=O) groups excluding carboxylic acids is 1. The molecule has 37 heavy (non-hydrogen) atoms. The van der Waals surface area contributed by atoms with Crippen LogP contribution in [0.4, 0.5) is 5.82 Å². The number of aromatic nitrogens is 4. The number of rotatable bonds is 11. The lowest BCUT2D eigenvalue weighted by Crippen LogP contribution is -2.24. The highest BCUT2D eigenvalue weighted by Gasteiger charge is 2.35. The van der Waals surface area contributed by atoms with E-state index in [1.54, 1.807) is 17.9 Å². The van der Waals surface area contributed by atoms with E-state index in [1.165, 1.54) is 12.5 Å². The molecule has 0 spiro atoms. The molecule has 3 aromatic rings. The second kappa shape index (κ2) is 11.8. The second-order valence-corrected chi connectivity index (χ2v) is 10.9. The number of ketones is 1. The molecule has 0 aliphatic heterocycles. The quantitative estimate of drug-likeness (QED) is 0.277. The summed E-state index contributed by atoms with van der Waals surface area (Å²) in [7, 11) is -2.53. The first-order valence-corrected chi connectivity index (χ1v) is 13.7. The lowest BCUT2D eigenvalue weighted by atomic mass is 10.1. The number of hydrogen-bond acceptors (Lipinski definition) is 10. The third-order valence-corrected chi connectivity index (χ3v) is 6.97. The van der Waals surface area contributed by atoms with Crippen molar-refractivity contribution in [3.05, 3.63) is 69.8 Å². The average Bonchev–Trinajstić information content (AvgIpc) is 3.40. The van der Waals surface area contributed by atoms with Crippen molar-refractivity contribution in [2.24, 2.45) is 11.1 Å². The second-order valence-electron chi connectivity index (χ2n) is 8.77. The van der Waals surface area contributed by atoms with Crippen LogP contribution in [0.15, 0.2) is 47.3 Å². The molecule has 0 amide bonds. The summed E-state index contributed by atoms with van der Waals surface area (Å²) in [6.07, 6.45) is 2.64. The fraction of sp³-hybridized carbons (Fsp3) is 0.391. The molecule has 4 N–H and O–H groups in total. The van der Waals surface area contributed by atoms with Crippen LogP contribution in [0.3, 0.4) is 0 Å². The van der Waals surface area contributed by atoms with Crippen molar-refractivity contribution in [2.45, 2.75) is 38.1 Å². The average molecular weight is 595 g/mol. The van der Waals surface area contributed by atoms with E-state index in [0.29, 0.717) is 25.2 Å². The first kappa shape index (κ1) is 27.3. The molecule has 198 valence electrons. The number of halogens is 1. The van der Waals surface area contributed by atoms with Gasteiger partial charge in [0.1, 0.15) is 17.8 Å². The Morgan fingerprint density at radius 2 is 2.14 bits per heavy atom. The minimum atomic E-state index is -4.11. The Morgan fingerprint density at radius 3 is 2.86 bits per heavy atom. The molecule has 1 aliphatic carbocycles. The number of aliphatic hydroxyl groups excluding tert-OH is 1. The van der Waals surface area contributed by atoms with Gasteiger partial charge in [0.15, 0.2) is 0 Å². The summed E-state index contributed by atoms with van der Waals surface area (Å²) in [6.45, 7) is 0.488. The summed E-state index contributed by atoms with van der Waals surface area (Å²) in [5.74, 6) is -0.525. The Labute approximate surface area is 222 Å². The number of nitrogens with zero attached hydrogens (tertiary/aromatic N) is 4. The third-order valence-electron chi connectivity index (χ3n) is 6.01. The molecule has 3 atom stereocenters. The zero-order valence-electron chi connectivity index (χ0n) is 19.9. The molecule has 0 saturated heterocycles. The van der Waals surface area contributed by atoms with Gasteiger partial charge in [-0.3, -0.25) is 13.7 Å². The predicted molar refractivity (Wildman–Crippen MR) is 137 cm³/mol. The molecule has 14 heteroatoms. The van der Waals surface area contributed by atoms with Gasteiger partial charge in [0.2, 0.25) is 5.78 Å². The summed E-state index contributed by atoms with van der Waals surface area (Å²) >= 11 is 3.47. The lowest BCUT2D eigenvalue weighted by Gasteiger charge is -2.15. The van der Waals surface area contributed by atoms with Crippen molar-refractivity contribution in [1.29, 1.82) is 0 Å². The normalized spacial score (nSPS) is 19.7. The summed E-state index contributed by atoms with van der Waals surface area (Å²) in [4.78, 5) is 21.7. The van der Waals surface area contributed by atoms with Crippen LogP contribution in [0.5, 0.6) is 0 Å². The number of aliphatic hydroxyl groups is 1. The van der Waals surface area contributed by atoms with E-state index in [4.69, 9.17) is 9.88 Å². The van der Waals surface area contributed by atoms with Crippen LogP contribution in [0.1, 0.15) is 40.2 Å². The van der Waals surface area contributed by atoms with Gasteiger partial charge >= 0.3 is 10.3 Å². The molecule has 0 radical (unpaired) electrons. The molecule has 0 bridgehead atoms. The first-order valence-electron chi connectivity index (χ1n) is 11.4. The van der Waals surface area contributed by atoms with E-state index < -0.39 is 22.3 Å². The Balaban J connectivity index is 1.52. The molecule has 2 aromatic heterocycles. The van der Waals surface area contributed by atoms with Gasteiger partial charge in [-0.15, -0.1) is 0 Å². The Morgan fingerprint density at radius 1 is 1.32 bits per heavy atom. The molecule has 2 heterocycles. The van der Waals surface area contributed by atoms with E-state index in [0.717, 1.165) is 15.7 Å². The molecule has 1 aliphatic rings. The minimum absolute atomic E-state index is 0.214. The largest absolute Gasteiger partial charge is 0.393 e. The monoisotopic (exact) mass is 594 g/mol. The summed E-state index contributed by atoms with van der Waals surface area (Å²) < 4.78 is 34.8. The molecular weight excluding hydrogens is 568 g/mol. The highest BCUT2D eigenvalue weighted by molar-refractivity contribution is 9.10. The van der Waals surface area contributed by atoms with Crippen molar-refractivity contribution < 1.29 is 27.2 Å². The Kier molecular flexibility index (Phi) is 8.67. The van der Waals surface area contributed by atoms with E-state index >= 15 is 0 Å². The summed E-state index contributed by atoms with van der Waals surface area (Å²) in [5, 5.41) is 22.9. The molecule has 0 unspecified atom stereocenters. The van der Waals surface area contributed by atoms with Crippen molar-refractivity contribution in [3.63, 3.8) is 0 Å². The number of nitrogens with one attached hydrogen (secondary N) is 1. The number of benzene rings is 1. The van der Waals surface area contributed by atoms with Gasteiger partial charge in [-0.2, -0.15) is 13.5 Å². The molecule has 4 rings (SSSR count). The summed E-state index contributed by atoms with van der Waals surface area (Å²) in [5.41, 5.74) is 2.16. The van der Waals surface area contributed by atoms with Crippen molar-refractivity contribution in [3.8, 4) is 0 Å². The maximum atomic E-state index is 13.5. The van der Waals surface area contributed by atoms with Gasteiger partial charge in [-0.25, -0.2) is 15.1 Å². The number of methoxy groups -OCH3 is 1. The SMILES string of the molecule is COCc1cc(C(=O)c2cncnc2N[C@@H]2C[C@H](COS(N)(=O)=O)[C@@H](O)C2)nn1Cc1cccc(Br)c1. The molecule has 1 fully saturated rings. The van der Waals surface area contributed by atoms with Crippen molar-refractivity contribution in [1.82, 2.24) is 19.7 Å². The van der Waals surface area contributed by atoms with Crippen LogP contribution >= 0.6 is 15.9 Å². The van der Waals surface area contributed by atoms with Crippen LogP contribution < -0.4 is 10.5 Å². The highest BCUT2D eigenvalue weighted by Crippen LogP contribution is 2.30. The third kappa shape index (κ3) is 7.18. The van der Waals surface area contributed by atoms with Gasteiger partial charge in [-0.1, -0.05) is 28.1 Å². The molecule has 1 saturated carbocycles. The van der Waals surface area contributed by atoms with Crippen LogP contribution in [-0.4, -0.2) is 64.9 Å². The lowest BCUT2D eigenvalue weighted by molar-refractivity contribution is 0.101. The number of carbonyl (C=O) groups is 1. The molecular formula is C23H27BrN6O6S. The maximum Gasteiger partial charge on any atom is 0.333 e. The van der Waals surface area contributed by atoms with E-state index in [9.17, 15) is 18.3 Å². The van der Waals surface area contributed by atoms with Crippen LogP contribution in [-0.2, 0) is 32.4 Å². The van der Waals surface area contributed by atoms with Crippen molar-refractivity contribution >= 4 is 37.8 Å². The van der Waals surface area contributed by atoms with Crippen LogP contribution in [0, 0.1) is 5.92 Å². The molecule has 1 aromatic carbocycles. The van der Waals surface area contributed by atoms with Gasteiger partial charge in [0.25, 0.3) is 0 Å². The Bertz CT molecular complexity index is 1370. The Hall–Kier alpha value is -2.75. The fourth-order valence-electron chi connectivity index (χ4n) is 4.30. The minimum Gasteiger partial charge on any atom is -0.393 e. The van der Waals surface area contributed by atoms with Gasteiger partial charge in [0.05, 0.1) is 37.1 Å². The van der Waals surface area contributed by atoms with Gasteiger partial charge in [0, 0.05) is 29.7 Å². The smallest absolute Gasteiger partial charge is 0.333 e. The molecule has 12 nitrogen and oxygen atoms in total. The first-order chi connectivity index (χ1) is 17.6. The number of ether oxygens (including phenoxy) is 1. The highest BCUT2D eigenvalue weighted by atomic mass is 79.9. The maximum absolute atomic E-state index is 13.5. The number of anilines is 1. The zero-order valence-corrected chi connectivity index (χ0v) is 22.4. The van der Waals surface area contributed by atoms with E-state index in [2.05, 4.69) is 40.5 Å².